The highest BCUT2D eigenvalue weighted by Crippen LogP contribution is 2.22. The summed E-state index contributed by atoms with van der Waals surface area (Å²) in [6.07, 6.45) is 4.10. The molecule has 0 unspecified atom stereocenters. The van der Waals surface area contributed by atoms with Crippen LogP contribution in [0.1, 0.15) is 25.5 Å². The molecule has 0 aliphatic carbocycles. The highest BCUT2D eigenvalue weighted by Gasteiger charge is 2.30. The maximum absolute atomic E-state index is 4.40. The van der Waals surface area contributed by atoms with Crippen molar-refractivity contribution in [3.63, 3.8) is 0 Å². The van der Waals surface area contributed by atoms with E-state index >= 15 is 0 Å². The molecule has 1 N–H and O–H groups in total. The van der Waals surface area contributed by atoms with Gasteiger partial charge in [0.25, 0.3) is 0 Å². The summed E-state index contributed by atoms with van der Waals surface area (Å²) < 4.78 is 2.10. The number of nitrogens with zero attached hydrogens (tertiary/aromatic N) is 3. The number of likely N-dealkylation sites (tertiary alicyclic amines) is 1. The molecule has 1 aliphatic rings. The molecular weight excluding hydrogens is 188 g/mol. The van der Waals surface area contributed by atoms with Crippen LogP contribution in [0, 0.1) is 0 Å². The molecule has 1 fully saturated rings. The second-order valence-electron chi connectivity index (χ2n) is 4.56. The van der Waals surface area contributed by atoms with Crippen molar-refractivity contribution >= 4 is 0 Å². The molecule has 2 rings (SSSR count). The summed E-state index contributed by atoms with van der Waals surface area (Å²) in [4.78, 5) is 2.46. The third kappa shape index (κ3) is 2.21. The Balaban J connectivity index is 1.89. The largest absolute Gasteiger partial charge is 0.316 e. The van der Waals surface area contributed by atoms with Gasteiger partial charge < -0.3 is 5.32 Å². The molecule has 0 radical (unpaired) electrons. The molecule has 84 valence electrons. The van der Waals surface area contributed by atoms with Crippen molar-refractivity contribution < 1.29 is 0 Å². The van der Waals surface area contributed by atoms with E-state index in [2.05, 4.69) is 40.0 Å². The zero-order valence-electron chi connectivity index (χ0n) is 9.77. The molecule has 4 heteroatoms. The molecule has 0 saturated carbocycles. The normalized spacial score (nSPS) is 18.4. The van der Waals surface area contributed by atoms with Gasteiger partial charge >= 0.3 is 0 Å². The third-order valence-electron chi connectivity index (χ3n) is 3.03. The van der Waals surface area contributed by atoms with Crippen molar-refractivity contribution in [2.24, 2.45) is 0 Å². The fourth-order valence-electron chi connectivity index (χ4n) is 1.95. The zero-order valence-corrected chi connectivity index (χ0v) is 9.77. The summed E-state index contributed by atoms with van der Waals surface area (Å²) in [6, 6.07) is 1.24. The van der Waals surface area contributed by atoms with E-state index in [1.165, 1.54) is 5.56 Å². The van der Waals surface area contributed by atoms with Crippen LogP contribution in [0.2, 0.25) is 0 Å². The molecular formula is C11H20N4. The lowest BCUT2D eigenvalue weighted by atomic mass is 10.1. The van der Waals surface area contributed by atoms with E-state index in [0.29, 0.717) is 12.1 Å². The summed E-state index contributed by atoms with van der Waals surface area (Å²) in [5.74, 6) is 0. The van der Waals surface area contributed by atoms with Gasteiger partial charge in [-0.05, 0) is 20.9 Å². The fourth-order valence-corrected chi connectivity index (χ4v) is 1.95. The molecule has 0 amide bonds. The Labute approximate surface area is 91.3 Å². The lowest BCUT2D eigenvalue weighted by Crippen LogP contribution is -2.50. The van der Waals surface area contributed by atoms with Crippen LogP contribution in [0.5, 0.6) is 0 Å². The topological polar surface area (TPSA) is 33.1 Å². The zero-order chi connectivity index (χ0) is 10.8. The van der Waals surface area contributed by atoms with Crippen LogP contribution in [0.25, 0.3) is 0 Å². The average molecular weight is 208 g/mol. The van der Waals surface area contributed by atoms with Crippen molar-refractivity contribution in [1.29, 1.82) is 0 Å². The Kier molecular flexibility index (Phi) is 3.07. The molecule has 0 aromatic carbocycles. The van der Waals surface area contributed by atoms with Gasteiger partial charge in [-0.25, -0.2) is 0 Å². The van der Waals surface area contributed by atoms with Gasteiger partial charge in [0, 0.05) is 37.4 Å². The first-order valence-corrected chi connectivity index (χ1v) is 5.62. The van der Waals surface area contributed by atoms with Crippen LogP contribution in [0.3, 0.4) is 0 Å². The number of hydrogen-bond acceptors (Lipinski definition) is 3. The lowest BCUT2D eigenvalue weighted by molar-refractivity contribution is 0.0675. The highest BCUT2D eigenvalue weighted by atomic mass is 15.4. The Morgan fingerprint density at radius 2 is 2.27 bits per heavy atom. The van der Waals surface area contributed by atoms with E-state index in [1.54, 1.807) is 0 Å². The Morgan fingerprint density at radius 3 is 2.87 bits per heavy atom. The van der Waals surface area contributed by atoms with Crippen LogP contribution >= 0.6 is 0 Å². The van der Waals surface area contributed by atoms with E-state index < -0.39 is 0 Å². The SMILES string of the molecule is CNCc1cnn(C2CN(C(C)C)C2)c1. The summed E-state index contributed by atoms with van der Waals surface area (Å²) in [7, 11) is 1.96. The van der Waals surface area contributed by atoms with E-state index in [9.17, 15) is 0 Å². The summed E-state index contributed by atoms with van der Waals surface area (Å²) in [5, 5.41) is 7.54. The Bertz CT molecular complexity index is 312. The van der Waals surface area contributed by atoms with Gasteiger partial charge in [0.15, 0.2) is 0 Å². The number of rotatable bonds is 4. The van der Waals surface area contributed by atoms with Gasteiger partial charge in [0.2, 0.25) is 0 Å². The standard InChI is InChI=1S/C11H20N4/c1-9(2)14-7-11(8-14)15-6-10(4-12-3)5-13-15/h5-6,9,11-12H,4,7-8H2,1-3H3. The van der Waals surface area contributed by atoms with Gasteiger partial charge in [0.1, 0.15) is 0 Å². The first-order valence-electron chi connectivity index (χ1n) is 5.62. The number of aromatic nitrogens is 2. The van der Waals surface area contributed by atoms with Crippen molar-refractivity contribution in [1.82, 2.24) is 20.0 Å². The second-order valence-corrected chi connectivity index (χ2v) is 4.56. The number of nitrogens with one attached hydrogen (secondary N) is 1. The lowest BCUT2D eigenvalue weighted by Gasteiger charge is -2.41. The minimum absolute atomic E-state index is 0.581. The monoisotopic (exact) mass is 208 g/mol. The fraction of sp³-hybridized carbons (Fsp3) is 0.727. The molecule has 1 aromatic rings. The van der Waals surface area contributed by atoms with Crippen LogP contribution in [-0.2, 0) is 6.54 Å². The molecule has 2 heterocycles. The van der Waals surface area contributed by atoms with Crippen LogP contribution in [0.15, 0.2) is 12.4 Å². The molecule has 1 aliphatic heterocycles. The molecule has 1 aromatic heterocycles. The molecule has 4 nitrogen and oxygen atoms in total. The molecule has 15 heavy (non-hydrogen) atoms. The minimum Gasteiger partial charge on any atom is -0.316 e. The van der Waals surface area contributed by atoms with Crippen molar-refractivity contribution in [3.8, 4) is 0 Å². The quantitative estimate of drug-likeness (QED) is 0.797. The molecule has 0 atom stereocenters. The van der Waals surface area contributed by atoms with Crippen LogP contribution < -0.4 is 5.32 Å². The molecule has 0 bridgehead atoms. The predicted molar refractivity (Wildman–Crippen MR) is 60.7 cm³/mol. The maximum Gasteiger partial charge on any atom is 0.0773 e. The van der Waals surface area contributed by atoms with Crippen LogP contribution in [-0.4, -0.2) is 40.9 Å². The van der Waals surface area contributed by atoms with Gasteiger partial charge in [-0.2, -0.15) is 5.10 Å². The summed E-state index contributed by atoms with van der Waals surface area (Å²) in [5.41, 5.74) is 1.26. The second kappa shape index (κ2) is 4.33. The van der Waals surface area contributed by atoms with Gasteiger partial charge in [-0.3, -0.25) is 9.58 Å². The van der Waals surface area contributed by atoms with Gasteiger partial charge in [0.05, 0.1) is 12.2 Å². The Hall–Kier alpha value is -0.870. The summed E-state index contributed by atoms with van der Waals surface area (Å²) in [6.45, 7) is 7.66. The first-order chi connectivity index (χ1) is 7.20. The Morgan fingerprint density at radius 1 is 1.53 bits per heavy atom. The van der Waals surface area contributed by atoms with Crippen molar-refractivity contribution in [2.45, 2.75) is 32.5 Å². The highest BCUT2D eigenvalue weighted by molar-refractivity contribution is 5.05. The predicted octanol–water partition coefficient (Wildman–Crippen LogP) is 0.868. The van der Waals surface area contributed by atoms with E-state index in [-0.39, 0.29) is 0 Å². The maximum atomic E-state index is 4.40. The smallest absolute Gasteiger partial charge is 0.0773 e. The molecule has 0 spiro atoms. The van der Waals surface area contributed by atoms with E-state index in [1.807, 2.05) is 13.2 Å². The van der Waals surface area contributed by atoms with Gasteiger partial charge in [-0.1, -0.05) is 0 Å². The molecule has 1 saturated heterocycles. The van der Waals surface area contributed by atoms with Crippen LogP contribution in [0.4, 0.5) is 0 Å². The average Bonchev–Trinajstić information content (AvgIpc) is 2.50. The summed E-state index contributed by atoms with van der Waals surface area (Å²) >= 11 is 0. The number of hydrogen-bond donors (Lipinski definition) is 1. The van der Waals surface area contributed by atoms with Gasteiger partial charge in [-0.15, -0.1) is 0 Å². The van der Waals surface area contributed by atoms with E-state index in [0.717, 1.165) is 19.6 Å². The van der Waals surface area contributed by atoms with Crippen molar-refractivity contribution in [3.05, 3.63) is 18.0 Å². The minimum atomic E-state index is 0.581. The first kappa shape index (κ1) is 10.6. The van der Waals surface area contributed by atoms with E-state index in [4.69, 9.17) is 0 Å². The third-order valence-corrected chi connectivity index (χ3v) is 3.03. The van der Waals surface area contributed by atoms with Crippen molar-refractivity contribution in [2.75, 3.05) is 20.1 Å².